The van der Waals surface area contributed by atoms with Crippen LogP contribution in [0, 0.1) is 0 Å². The Labute approximate surface area is 125 Å². The lowest BCUT2D eigenvalue weighted by molar-refractivity contribution is 0.0601. The number of rotatable bonds is 6. The lowest BCUT2D eigenvalue weighted by Gasteiger charge is -2.26. The van der Waals surface area contributed by atoms with Gasteiger partial charge in [0, 0.05) is 19.6 Å². The number of hydrogen-bond acceptors (Lipinski definition) is 4. The molecule has 0 bridgehead atoms. The maximum Gasteiger partial charge on any atom is 0.339 e. The molecule has 0 fully saturated rings. The minimum atomic E-state index is -0.333. The topological polar surface area (TPSA) is 55.6 Å². The van der Waals surface area contributed by atoms with E-state index in [0.717, 1.165) is 5.69 Å². The van der Waals surface area contributed by atoms with Crippen molar-refractivity contribution < 1.29 is 9.53 Å². The molecule has 0 heterocycles. The molecule has 0 aliphatic carbocycles. The highest BCUT2D eigenvalue weighted by Crippen LogP contribution is 2.23. The minimum Gasteiger partial charge on any atom is -0.465 e. The lowest BCUT2D eigenvalue weighted by Crippen LogP contribution is -2.30. The van der Waals surface area contributed by atoms with Crippen LogP contribution < -0.4 is 10.6 Å². The summed E-state index contributed by atoms with van der Waals surface area (Å²) in [4.78, 5) is 14.0. The Morgan fingerprint density at radius 2 is 1.76 bits per heavy atom. The van der Waals surface area contributed by atoms with Crippen molar-refractivity contribution in [3.63, 3.8) is 0 Å². The number of hydrogen-bond donors (Lipinski definition) is 1. The second-order valence-corrected chi connectivity index (χ2v) is 4.70. The number of ether oxygens (including phenoxy) is 1. The van der Waals surface area contributed by atoms with E-state index in [4.69, 9.17) is 10.5 Å². The number of nitrogens with two attached hydrogens (primary N) is 1. The smallest absolute Gasteiger partial charge is 0.339 e. The molecular formula is C17H20N2O2. The van der Waals surface area contributed by atoms with Gasteiger partial charge in [-0.1, -0.05) is 42.5 Å². The molecule has 2 N–H and O–H groups in total. The van der Waals surface area contributed by atoms with Crippen molar-refractivity contribution in [3.8, 4) is 0 Å². The Kier molecular flexibility index (Phi) is 5.35. The summed E-state index contributed by atoms with van der Waals surface area (Å²) in [6.45, 7) is 1.89. The fraction of sp³-hybridized carbons (Fsp3) is 0.235. The molecule has 0 spiro atoms. The Hall–Kier alpha value is -2.33. The summed E-state index contributed by atoms with van der Waals surface area (Å²) in [5, 5.41) is 0. The molecule has 0 atom stereocenters. The van der Waals surface area contributed by atoms with Crippen LogP contribution in [0.3, 0.4) is 0 Å². The summed E-state index contributed by atoms with van der Waals surface area (Å²) in [5.74, 6) is -0.333. The molecule has 110 valence electrons. The maximum absolute atomic E-state index is 11.9. The molecule has 0 unspecified atom stereocenters. The third-order valence-electron chi connectivity index (χ3n) is 3.27. The Morgan fingerprint density at radius 3 is 2.43 bits per heavy atom. The van der Waals surface area contributed by atoms with Crippen LogP contribution in [0.5, 0.6) is 0 Å². The summed E-state index contributed by atoms with van der Waals surface area (Å²) in [6, 6.07) is 17.5. The molecule has 2 rings (SSSR count). The minimum absolute atomic E-state index is 0.333. The van der Waals surface area contributed by atoms with Crippen LogP contribution in [0.25, 0.3) is 0 Å². The van der Waals surface area contributed by atoms with Gasteiger partial charge in [0.05, 0.1) is 18.4 Å². The largest absolute Gasteiger partial charge is 0.465 e. The highest BCUT2D eigenvalue weighted by molar-refractivity contribution is 5.95. The van der Waals surface area contributed by atoms with Crippen LogP contribution in [0.2, 0.25) is 0 Å². The number of nitrogens with zero attached hydrogens (tertiary/aromatic N) is 1. The normalized spacial score (nSPS) is 10.2. The van der Waals surface area contributed by atoms with Crippen molar-refractivity contribution >= 4 is 11.7 Å². The van der Waals surface area contributed by atoms with Crippen molar-refractivity contribution in [2.24, 2.45) is 5.73 Å². The number of para-hydroxylation sites is 1. The van der Waals surface area contributed by atoms with Gasteiger partial charge < -0.3 is 15.4 Å². The summed E-state index contributed by atoms with van der Waals surface area (Å²) >= 11 is 0. The van der Waals surface area contributed by atoms with Gasteiger partial charge in [0.1, 0.15) is 0 Å². The van der Waals surface area contributed by atoms with E-state index < -0.39 is 0 Å². The van der Waals surface area contributed by atoms with Crippen molar-refractivity contribution in [1.29, 1.82) is 0 Å². The van der Waals surface area contributed by atoms with Crippen molar-refractivity contribution in [1.82, 2.24) is 0 Å². The highest BCUT2D eigenvalue weighted by Gasteiger charge is 2.16. The van der Waals surface area contributed by atoms with E-state index in [-0.39, 0.29) is 5.97 Å². The molecule has 2 aromatic rings. The van der Waals surface area contributed by atoms with Gasteiger partial charge in [0.15, 0.2) is 0 Å². The number of carbonyl (C=O) groups is 1. The zero-order valence-corrected chi connectivity index (χ0v) is 12.2. The molecule has 4 nitrogen and oxygen atoms in total. The second kappa shape index (κ2) is 7.45. The van der Waals surface area contributed by atoms with E-state index in [2.05, 4.69) is 17.0 Å². The zero-order valence-electron chi connectivity index (χ0n) is 12.2. The van der Waals surface area contributed by atoms with E-state index in [0.29, 0.717) is 25.2 Å². The second-order valence-electron chi connectivity index (χ2n) is 4.70. The van der Waals surface area contributed by atoms with Gasteiger partial charge in [0.2, 0.25) is 0 Å². The van der Waals surface area contributed by atoms with Crippen LogP contribution in [-0.2, 0) is 11.3 Å². The van der Waals surface area contributed by atoms with Gasteiger partial charge in [-0.2, -0.15) is 0 Å². The van der Waals surface area contributed by atoms with Crippen LogP contribution in [-0.4, -0.2) is 26.2 Å². The van der Waals surface area contributed by atoms with Gasteiger partial charge in [-0.05, 0) is 17.7 Å². The Balaban J connectivity index is 2.32. The van der Waals surface area contributed by atoms with Crippen molar-refractivity contribution in [2.75, 3.05) is 25.1 Å². The van der Waals surface area contributed by atoms with Gasteiger partial charge >= 0.3 is 5.97 Å². The molecule has 0 aromatic heterocycles. The van der Waals surface area contributed by atoms with Crippen molar-refractivity contribution in [3.05, 3.63) is 65.7 Å². The first kappa shape index (κ1) is 15.1. The van der Waals surface area contributed by atoms with E-state index in [1.807, 2.05) is 36.4 Å². The third kappa shape index (κ3) is 3.83. The van der Waals surface area contributed by atoms with Gasteiger partial charge in [0.25, 0.3) is 0 Å². The lowest BCUT2D eigenvalue weighted by atomic mass is 10.1. The molecule has 21 heavy (non-hydrogen) atoms. The maximum atomic E-state index is 11.9. The zero-order chi connectivity index (χ0) is 15.1. The molecule has 0 radical (unpaired) electrons. The summed E-state index contributed by atoms with van der Waals surface area (Å²) in [7, 11) is 1.39. The van der Waals surface area contributed by atoms with Crippen LogP contribution in [0.15, 0.2) is 54.6 Å². The number of benzene rings is 2. The predicted octanol–water partition coefficient (Wildman–Crippen LogP) is 2.44. The summed E-state index contributed by atoms with van der Waals surface area (Å²) in [5.41, 5.74) is 8.30. The first-order chi connectivity index (χ1) is 10.3. The third-order valence-corrected chi connectivity index (χ3v) is 3.27. The first-order valence-corrected chi connectivity index (χ1v) is 6.92. The molecule has 4 heteroatoms. The number of esters is 1. The fourth-order valence-electron chi connectivity index (χ4n) is 2.28. The summed E-state index contributed by atoms with van der Waals surface area (Å²) < 4.78 is 4.86. The average molecular weight is 284 g/mol. The van der Waals surface area contributed by atoms with Gasteiger partial charge in [-0.15, -0.1) is 0 Å². The molecule has 0 saturated heterocycles. The number of anilines is 1. The molecule has 0 amide bonds. The fourth-order valence-corrected chi connectivity index (χ4v) is 2.28. The van der Waals surface area contributed by atoms with E-state index in [1.165, 1.54) is 12.7 Å². The number of carbonyl (C=O) groups excluding carboxylic acids is 1. The average Bonchev–Trinajstić information content (AvgIpc) is 2.55. The van der Waals surface area contributed by atoms with Crippen LogP contribution in [0.4, 0.5) is 5.69 Å². The highest BCUT2D eigenvalue weighted by atomic mass is 16.5. The van der Waals surface area contributed by atoms with E-state index in [9.17, 15) is 4.79 Å². The molecule has 0 aliphatic rings. The van der Waals surface area contributed by atoms with Crippen molar-refractivity contribution in [2.45, 2.75) is 6.54 Å². The quantitative estimate of drug-likeness (QED) is 0.828. The standard InChI is InChI=1S/C17H20N2O2/c1-21-17(20)15-9-5-6-10-16(15)19(12-11-18)13-14-7-3-2-4-8-14/h2-10H,11-13,18H2,1H3. The van der Waals surface area contributed by atoms with E-state index in [1.54, 1.807) is 6.07 Å². The predicted molar refractivity (Wildman–Crippen MR) is 84.3 cm³/mol. The molecule has 2 aromatic carbocycles. The van der Waals surface area contributed by atoms with Crippen LogP contribution >= 0.6 is 0 Å². The number of methoxy groups -OCH3 is 1. The summed E-state index contributed by atoms with van der Waals surface area (Å²) in [6.07, 6.45) is 0. The molecule has 0 aliphatic heterocycles. The van der Waals surface area contributed by atoms with Gasteiger partial charge in [-0.25, -0.2) is 4.79 Å². The van der Waals surface area contributed by atoms with E-state index >= 15 is 0 Å². The first-order valence-electron chi connectivity index (χ1n) is 6.92. The molecular weight excluding hydrogens is 264 g/mol. The molecule has 0 saturated carbocycles. The SMILES string of the molecule is COC(=O)c1ccccc1N(CCN)Cc1ccccc1. The Bertz CT molecular complexity index is 584. The Morgan fingerprint density at radius 1 is 1.10 bits per heavy atom. The van der Waals surface area contributed by atoms with Gasteiger partial charge in [-0.3, -0.25) is 0 Å². The monoisotopic (exact) mass is 284 g/mol. The van der Waals surface area contributed by atoms with Crippen LogP contribution in [0.1, 0.15) is 15.9 Å².